The standard InChI is InChI=1S/C14H9F5N2O4/c1-3-5(22)20-13(21-6(23)4-2)14(24)25-12-10(18)8(16)7(15)9(17)11(12)19/h1,13H,4H2,2H3,(H,20,22)(H,21,23). The molecule has 0 aliphatic heterocycles. The monoisotopic (exact) mass is 364 g/mol. The van der Waals surface area contributed by atoms with Gasteiger partial charge in [-0.2, -0.15) is 8.78 Å². The van der Waals surface area contributed by atoms with E-state index in [9.17, 15) is 36.3 Å². The van der Waals surface area contributed by atoms with Crippen molar-refractivity contribution in [2.24, 2.45) is 0 Å². The van der Waals surface area contributed by atoms with Gasteiger partial charge in [-0.05, 0) is 5.92 Å². The number of esters is 1. The van der Waals surface area contributed by atoms with Crippen molar-refractivity contribution < 1.29 is 41.1 Å². The Morgan fingerprint density at radius 2 is 1.48 bits per heavy atom. The smallest absolute Gasteiger partial charge is 0.355 e. The van der Waals surface area contributed by atoms with E-state index in [0.717, 1.165) is 0 Å². The summed E-state index contributed by atoms with van der Waals surface area (Å²) in [5, 5.41) is 3.63. The first-order valence-corrected chi connectivity index (χ1v) is 6.43. The predicted molar refractivity (Wildman–Crippen MR) is 71.1 cm³/mol. The molecule has 0 fully saturated rings. The molecule has 134 valence electrons. The highest BCUT2D eigenvalue weighted by Crippen LogP contribution is 2.29. The van der Waals surface area contributed by atoms with Gasteiger partial charge in [-0.15, -0.1) is 6.42 Å². The van der Waals surface area contributed by atoms with Crippen molar-refractivity contribution in [2.75, 3.05) is 0 Å². The average molecular weight is 364 g/mol. The Bertz CT molecular complexity index is 746. The van der Waals surface area contributed by atoms with Crippen molar-refractivity contribution >= 4 is 17.8 Å². The predicted octanol–water partition coefficient (Wildman–Crippen LogP) is 0.889. The normalized spacial score (nSPS) is 11.2. The third-order valence-corrected chi connectivity index (χ3v) is 2.64. The van der Waals surface area contributed by atoms with Gasteiger partial charge in [-0.25, -0.2) is 18.0 Å². The second kappa shape index (κ2) is 8.09. The van der Waals surface area contributed by atoms with Crippen LogP contribution in [0.5, 0.6) is 5.75 Å². The fraction of sp³-hybridized carbons (Fsp3) is 0.214. The van der Waals surface area contributed by atoms with E-state index in [-0.39, 0.29) is 6.42 Å². The molecule has 2 amide bonds. The topological polar surface area (TPSA) is 84.5 Å². The van der Waals surface area contributed by atoms with E-state index in [2.05, 4.69) is 4.74 Å². The van der Waals surface area contributed by atoms with Gasteiger partial charge in [0.05, 0.1) is 0 Å². The Morgan fingerprint density at radius 1 is 1.00 bits per heavy atom. The summed E-state index contributed by atoms with van der Waals surface area (Å²) in [6, 6.07) is 0. The van der Waals surface area contributed by atoms with Gasteiger partial charge in [0.25, 0.3) is 5.91 Å². The number of hydrogen-bond acceptors (Lipinski definition) is 4. The average Bonchev–Trinajstić information content (AvgIpc) is 2.60. The van der Waals surface area contributed by atoms with E-state index in [4.69, 9.17) is 6.42 Å². The molecule has 0 aromatic heterocycles. The summed E-state index contributed by atoms with van der Waals surface area (Å²) in [4.78, 5) is 34.2. The van der Waals surface area contributed by atoms with Gasteiger partial charge in [0.2, 0.25) is 46.9 Å². The lowest BCUT2D eigenvalue weighted by Gasteiger charge is -2.18. The lowest BCUT2D eigenvalue weighted by molar-refractivity contribution is -0.142. The lowest BCUT2D eigenvalue weighted by Crippen LogP contribution is -2.54. The van der Waals surface area contributed by atoms with Crippen LogP contribution in [0.4, 0.5) is 22.0 Å². The zero-order chi connectivity index (χ0) is 19.3. The minimum atomic E-state index is -2.45. The zero-order valence-corrected chi connectivity index (χ0v) is 12.4. The largest absolute Gasteiger partial charge is 0.417 e. The van der Waals surface area contributed by atoms with Crippen molar-refractivity contribution in [1.29, 1.82) is 0 Å². The SMILES string of the molecule is C#CC(=O)NC(NC(=O)CC)C(=O)Oc1c(F)c(F)c(F)c(F)c1F. The van der Waals surface area contributed by atoms with E-state index < -0.39 is 58.8 Å². The molecule has 25 heavy (non-hydrogen) atoms. The highest BCUT2D eigenvalue weighted by Gasteiger charge is 2.31. The first kappa shape index (κ1) is 19.9. The molecule has 0 saturated heterocycles. The Balaban J connectivity index is 3.18. The Morgan fingerprint density at radius 3 is 1.92 bits per heavy atom. The molecule has 0 spiro atoms. The van der Waals surface area contributed by atoms with Crippen LogP contribution in [0.15, 0.2) is 0 Å². The zero-order valence-electron chi connectivity index (χ0n) is 12.4. The van der Waals surface area contributed by atoms with Crippen molar-refractivity contribution in [2.45, 2.75) is 19.5 Å². The van der Waals surface area contributed by atoms with Crippen LogP contribution in [0.1, 0.15) is 13.3 Å². The van der Waals surface area contributed by atoms with Gasteiger partial charge in [0.1, 0.15) is 0 Å². The summed E-state index contributed by atoms with van der Waals surface area (Å²) in [5.74, 6) is -16.1. The van der Waals surface area contributed by atoms with Gasteiger partial charge < -0.3 is 15.4 Å². The second-order valence-electron chi connectivity index (χ2n) is 4.29. The molecule has 1 aromatic rings. The molecule has 0 aliphatic carbocycles. The van der Waals surface area contributed by atoms with Crippen molar-refractivity contribution in [3.63, 3.8) is 0 Å². The van der Waals surface area contributed by atoms with Gasteiger partial charge in [0, 0.05) is 6.42 Å². The molecule has 1 rings (SSSR count). The molecule has 0 saturated carbocycles. The molecule has 0 bridgehead atoms. The highest BCUT2D eigenvalue weighted by atomic mass is 19.2. The molecular formula is C14H9F5N2O4. The highest BCUT2D eigenvalue weighted by molar-refractivity contribution is 5.97. The van der Waals surface area contributed by atoms with Crippen LogP contribution in [0.3, 0.4) is 0 Å². The first-order valence-electron chi connectivity index (χ1n) is 6.43. The maximum absolute atomic E-state index is 13.5. The van der Waals surface area contributed by atoms with Gasteiger partial charge in [0.15, 0.2) is 0 Å². The number of terminal acetylenes is 1. The Labute approximate surface area is 137 Å². The van der Waals surface area contributed by atoms with Gasteiger partial charge in [-0.1, -0.05) is 6.92 Å². The number of halogens is 5. The van der Waals surface area contributed by atoms with Crippen LogP contribution in [0, 0.1) is 41.4 Å². The van der Waals surface area contributed by atoms with Crippen molar-refractivity contribution in [3.05, 3.63) is 29.1 Å². The Hall–Kier alpha value is -3.16. The van der Waals surface area contributed by atoms with Crippen LogP contribution in [0.2, 0.25) is 0 Å². The number of carbonyl (C=O) groups excluding carboxylic acids is 3. The summed E-state index contributed by atoms with van der Waals surface area (Å²) in [5.41, 5.74) is 0. The molecule has 2 N–H and O–H groups in total. The lowest BCUT2D eigenvalue weighted by atomic mass is 10.2. The number of nitrogens with one attached hydrogen (secondary N) is 2. The molecule has 11 heteroatoms. The molecule has 0 heterocycles. The number of carbonyl (C=O) groups is 3. The number of ether oxygens (including phenoxy) is 1. The molecule has 0 aliphatic rings. The van der Waals surface area contributed by atoms with Crippen LogP contribution in [-0.2, 0) is 14.4 Å². The van der Waals surface area contributed by atoms with Crippen LogP contribution < -0.4 is 15.4 Å². The van der Waals surface area contributed by atoms with E-state index in [1.807, 2.05) is 5.32 Å². The Kier molecular flexibility index (Phi) is 6.44. The summed E-state index contributed by atoms with van der Waals surface area (Å²) in [6.07, 6.45) is 2.56. The van der Waals surface area contributed by atoms with Crippen LogP contribution in [0.25, 0.3) is 0 Å². The van der Waals surface area contributed by atoms with E-state index in [0.29, 0.717) is 0 Å². The molecular weight excluding hydrogens is 355 g/mol. The summed E-state index contributed by atoms with van der Waals surface area (Å²) >= 11 is 0. The van der Waals surface area contributed by atoms with Gasteiger partial charge in [-0.3, -0.25) is 9.59 Å². The van der Waals surface area contributed by atoms with E-state index in [1.165, 1.54) is 12.8 Å². The number of rotatable bonds is 5. The summed E-state index contributed by atoms with van der Waals surface area (Å²) in [6.45, 7) is 1.37. The van der Waals surface area contributed by atoms with Crippen molar-refractivity contribution in [3.8, 4) is 18.1 Å². The third-order valence-electron chi connectivity index (χ3n) is 2.64. The fourth-order valence-corrected chi connectivity index (χ4v) is 1.42. The minimum absolute atomic E-state index is 0.168. The molecule has 0 radical (unpaired) electrons. The summed E-state index contributed by atoms with van der Waals surface area (Å²) in [7, 11) is 0. The fourth-order valence-electron chi connectivity index (χ4n) is 1.42. The number of amides is 2. The molecule has 1 unspecified atom stereocenters. The van der Waals surface area contributed by atoms with Crippen LogP contribution in [-0.4, -0.2) is 23.9 Å². The maximum atomic E-state index is 13.5. The van der Waals surface area contributed by atoms with Crippen molar-refractivity contribution in [1.82, 2.24) is 10.6 Å². The molecule has 1 aromatic carbocycles. The van der Waals surface area contributed by atoms with Gasteiger partial charge >= 0.3 is 5.97 Å². The molecule has 6 nitrogen and oxygen atoms in total. The van der Waals surface area contributed by atoms with Crippen LogP contribution >= 0.6 is 0 Å². The second-order valence-corrected chi connectivity index (χ2v) is 4.29. The van der Waals surface area contributed by atoms with E-state index in [1.54, 1.807) is 5.32 Å². The number of benzene rings is 1. The minimum Gasteiger partial charge on any atom is -0.417 e. The number of hydrogen-bond donors (Lipinski definition) is 2. The first-order chi connectivity index (χ1) is 11.6. The summed E-state index contributed by atoms with van der Waals surface area (Å²) < 4.78 is 70.1. The maximum Gasteiger partial charge on any atom is 0.355 e. The molecule has 1 atom stereocenters. The third kappa shape index (κ3) is 4.43. The van der Waals surface area contributed by atoms with E-state index >= 15 is 0 Å². The quantitative estimate of drug-likeness (QED) is 0.155.